The first-order valence-electron chi connectivity index (χ1n) is 5.70. The van der Waals surface area contributed by atoms with E-state index in [0.29, 0.717) is 16.1 Å². The van der Waals surface area contributed by atoms with E-state index in [4.69, 9.17) is 11.6 Å². The minimum Gasteiger partial charge on any atom is -0.294 e. The minimum absolute atomic E-state index is 0.00590. The van der Waals surface area contributed by atoms with E-state index < -0.39 is 0 Å². The number of halogens is 3. The summed E-state index contributed by atoms with van der Waals surface area (Å²) in [6, 6.07) is 9.76. The van der Waals surface area contributed by atoms with Crippen molar-refractivity contribution in [3.05, 3.63) is 68.4 Å². The van der Waals surface area contributed by atoms with Gasteiger partial charge in [-0.25, -0.2) is 4.39 Å². The summed E-state index contributed by atoms with van der Waals surface area (Å²) in [4.78, 5) is 12.1. The Bertz CT molecular complexity index is 640. The molecule has 4 heteroatoms. The van der Waals surface area contributed by atoms with Crippen LogP contribution < -0.4 is 0 Å². The molecule has 0 saturated heterocycles. The van der Waals surface area contributed by atoms with Crippen LogP contribution in [0.3, 0.4) is 0 Å². The molecule has 0 bridgehead atoms. The standard InChI is InChI=1S/C15H11BrClFO/c1-9-2-4-12(13(17)6-9)15(19)8-10-7-11(16)3-5-14(10)18/h2-7H,8H2,1H3. The largest absolute Gasteiger partial charge is 0.294 e. The summed E-state index contributed by atoms with van der Waals surface area (Å²) in [6.07, 6.45) is -0.00590. The van der Waals surface area contributed by atoms with E-state index in [-0.39, 0.29) is 18.0 Å². The van der Waals surface area contributed by atoms with Crippen molar-refractivity contribution in [2.24, 2.45) is 0 Å². The van der Waals surface area contributed by atoms with Crippen LogP contribution in [0.4, 0.5) is 4.39 Å². The first-order chi connectivity index (χ1) is 8.97. The van der Waals surface area contributed by atoms with Crippen LogP contribution >= 0.6 is 27.5 Å². The third kappa shape index (κ3) is 3.43. The quantitative estimate of drug-likeness (QED) is 0.720. The highest BCUT2D eigenvalue weighted by molar-refractivity contribution is 9.10. The molecular weight excluding hydrogens is 331 g/mol. The van der Waals surface area contributed by atoms with E-state index in [2.05, 4.69) is 15.9 Å². The number of hydrogen-bond donors (Lipinski definition) is 0. The van der Waals surface area contributed by atoms with E-state index in [9.17, 15) is 9.18 Å². The Labute approximate surface area is 124 Å². The molecule has 0 amide bonds. The predicted molar refractivity (Wildman–Crippen MR) is 78.3 cm³/mol. The first kappa shape index (κ1) is 14.2. The third-order valence-corrected chi connectivity index (χ3v) is 3.59. The molecule has 0 aliphatic heterocycles. The molecule has 1 nitrogen and oxygen atoms in total. The first-order valence-corrected chi connectivity index (χ1v) is 6.88. The van der Waals surface area contributed by atoms with E-state index >= 15 is 0 Å². The lowest BCUT2D eigenvalue weighted by atomic mass is 10.0. The molecule has 0 aliphatic rings. The van der Waals surface area contributed by atoms with Gasteiger partial charge in [0.1, 0.15) is 5.82 Å². The fraction of sp³-hybridized carbons (Fsp3) is 0.133. The Hall–Kier alpha value is -1.19. The van der Waals surface area contributed by atoms with Crippen molar-refractivity contribution in [1.82, 2.24) is 0 Å². The SMILES string of the molecule is Cc1ccc(C(=O)Cc2cc(Br)ccc2F)c(Cl)c1. The maximum Gasteiger partial charge on any atom is 0.168 e. The Kier molecular flexibility index (Phi) is 4.38. The molecule has 0 saturated carbocycles. The summed E-state index contributed by atoms with van der Waals surface area (Å²) in [6.45, 7) is 1.90. The summed E-state index contributed by atoms with van der Waals surface area (Å²) >= 11 is 9.30. The Morgan fingerprint density at radius 1 is 1.26 bits per heavy atom. The van der Waals surface area contributed by atoms with Crippen LogP contribution in [0.25, 0.3) is 0 Å². The van der Waals surface area contributed by atoms with Crippen LogP contribution in [-0.2, 0) is 6.42 Å². The molecule has 2 aromatic carbocycles. The normalized spacial score (nSPS) is 10.5. The predicted octanol–water partition coefficient (Wildman–Crippen LogP) is 4.98. The highest BCUT2D eigenvalue weighted by atomic mass is 79.9. The van der Waals surface area contributed by atoms with Crippen LogP contribution in [0.15, 0.2) is 40.9 Å². The van der Waals surface area contributed by atoms with E-state index in [1.807, 2.05) is 13.0 Å². The molecule has 0 fully saturated rings. The number of carbonyl (C=O) groups is 1. The summed E-state index contributed by atoms with van der Waals surface area (Å²) in [5, 5.41) is 0.403. The number of ketones is 1. The maximum absolute atomic E-state index is 13.6. The molecule has 98 valence electrons. The van der Waals surface area contributed by atoms with Crippen molar-refractivity contribution in [1.29, 1.82) is 0 Å². The number of aryl methyl sites for hydroxylation is 1. The molecule has 0 radical (unpaired) electrons. The van der Waals surface area contributed by atoms with Gasteiger partial charge in [-0.15, -0.1) is 0 Å². The molecule has 2 rings (SSSR count). The molecular formula is C15H11BrClFO. The monoisotopic (exact) mass is 340 g/mol. The van der Waals surface area contributed by atoms with Gasteiger partial charge >= 0.3 is 0 Å². The van der Waals surface area contributed by atoms with Crippen molar-refractivity contribution in [3.8, 4) is 0 Å². The molecule has 0 heterocycles. The zero-order valence-corrected chi connectivity index (χ0v) is 12.6. The van der Waals surface area contributed by atoms with Gasteiger partial charge in [-0.2, -0.15) is 0 Å². The van der Waals surface area contributed by atoms with Gasteiger partial charge in [0.2, 0.25) is 0 Å². The molecule has 2 aromatic rings. The van der Waals surface area contributed by atoms with E-state index in [1.54, 1.807) is 24.3 Å². The highest BCUT2D eigenvalue weighted by Crippen LogP contribution is 2.22. The second-order valence-corrected chi connectivity index (χ2v) is 5.64. The lowest BCUT2D eigenvalue weighted by Gasteiger charge is -2.06. The molecule has 19 heavy (non-hydrogen) atoms. The number of Topliss-reactive ketones (excluding diaryl/α,β-unsaturated/α-hetero) is 1. The third-order valence-electron chi connectivity index (χ3n) is 2.78. The highest BCUT2D eigenvalue weighted by Gasteiger charge is 2.13. The van der Waals surface area contributed by atoms with Crippen molar-refractivity contribution in [3.63, 3.8) is 0 Å². The summed E-state index contributed by atoms with van der Waals surface area (Å²) in [5.41, 5.74) is 1.76. The van der Waals surface area contributed by atoms with Gasteiger partial charge in [0, 0.05) is 16.5 Å². The molecule has 0 aliphatic carbocycles. The average Bonchev–Trinajstić information content (AvgIpc) is 2.33. The minimum atomic E-state index is -0.389. The Balaban J connectivity index is 2.28. The van der Waals surface area contributed by atoms with Gasteiger partial charge in [0.15, 0.2) is 5.78 Å². The molecule has 0 atom stereocenters. The zero-order chi connectivity index (χ0) is 14.0. The van der Waals surface area contributed by atoms with Gasteiger partial charge in [-0.1, -0.05) is 33.6 Å². The maximum atomic E-state index is 13.6. The van der Waals surface area contributed by atoms with Crippen LogP contribution in [0.1, 0.15) is 21.5 Å². The summed E-state index contributed by atoms with van der Waals surface area (Å²) < 4.78 is 14.3. The second-order valence-electron chi connectivity index (χ2n) is 4.32. The Morgan fingerprint density at radius 3 is 2.68 bits per heavy atom. The van der Waals surface area contributed by atoms with Gasteiger partial charge in [0.05, 0.1) is 5.02 Å². The van der Waals surface area contributed by atoms with Crippen molar-refractivity contribution in [2.45, 2.75) is 13.3 Å². The number of benzene rings is 2. The Morgan fingerprint density at radius 2 is 2.00 bits per heavy atom. The van der Waals surface area contributed by atoms with E-state index in [1.165, 1.54) is 6.07 Å². The van der Waals surface area contributed by atoms with E-state index in [0.717, 1.165) is 10.0 Å². The smallest absolute Gasteiger partial charge is 0.168 e. The van der Waals surface area contributed by atoms with Gasteiger partial charge < -0.3 is 0 Å². The van der Waals surface area contributed by atoms with Crippen LogP contribution in [0.2, 0.25) is 5.02 Å². The second kappa shape index (κ2) is 5.85. The number of hydrogen-bond acceptors (Lipinski definition) is 1. The van der Waals surface area contributed by atoms with Gasteiger partial charge in [0.25, 0.3) is 0 Å². The lowest BCUT2D eigenvalue weighted by Crippen LogP contribution is -2.06. The van der Waals surface area contributed by atoms with Crippen molar-refractivity contribution in [2.75, 3.05) is 0 Å². The zero-order valence-electron chi connectivity index (χ0n) is 10.2. The van der Waals surface area contributed by atoms with Crippen LogP contribution in [0.5, 0.6) is 0 Å². The molecule has 0 N–H and O–H groups in total. The van der Waals surface area contributed by atoms with Crippen LogP contribution in [0, 0.1) is 12.7 Å². The number of carbonyl (C=O) groups excluding carboxylic acids is 1. The number of rotatable bonds is 3. The molecule has 0 spiro atoms. The molecule has 0 unspecified atom stereocenters. The van der Waals surface area contributed by atoms with Crippen LogP contribution in [-0.4, -0.2) is 5.78 Å². The summed E-state index contributed by atoms with van der Waals surface area (Å²) in [7, 11) is 0. The van der Waals surface area contributed by atoms with Gasteiger partial charge in [-0.3, -0.25) is 4.79 Å². The van der Waals surface area contributed by atoms with Crippen molar-refractivity contribution >= 4 is 33.3 Å². The fourth-order valence-electron chi connectivity index (χ4n) is 1.79. The fourth-order valence-corrected chi connectivity index (χ4v) is 2.54. The average molecular weight is 342 g/mol. The topological polar surface area (TPSA) is 17.1 Å². The summed E-state index contributed by atoms with van der Waals surface area (Å²) in [5.74, 6) is -0.582. The lowest BCUT2D eigenvalue weighted by molar-refractivity contribution is 0.0992. The van der Waals surface area contributed by atoms with Gasteiger partial charge in [-0.05, 0) is 48.4 Å². The molecule has 0 aromatic heterocycles. The van der Waals surface area contributed by atoms with Crippen molar-refractivity contribution < 1.29 is 9.18 Å².